The van der Waals surface area contributed by atoms with Gasteiger partial charge in [-0.05, 0) is 50.4 Å². The number of hydrogen-bond donors (Lipinski definition) is 1. The van der Waals surface area contributed by atoms with E-state index in [0.717, 1.165) is 31.2 Å². The number of carboxylic acid groups (broad SMARTS) is 1. The molecule has 0 amide bonds. The van der Waals surface area contributed by atoms with Gasteiger partial charge >= 0.3 is 5.97 Å². The van der Waals surface area contributed by atoms with Crippen LogP contribution in [0.15, 0.2) is 24.3 Å². The van der Waals surface area contributed by atoms with E-state index in [1.807, 2.05) is 6.07 Å². The highest BCUT2D eigenvalue weighted by molar-refractivity contribution is 5.69. The molecular weight excluding hydrogens is 257 g/mol. The van der Waals surface area contributed by atoms with Crippen molar-refractivity contribution in [2.45, 2.75) is 49.6 Å². The summed E-state index contributed by atoms with van der Waals surface area (Å²) in [6, 6.07) is 7.37. The van der Waals surface area contributed by atoms with Crippen LogP contribution in [0.3, 0.4) is 0 Å². The molecule has 108 valence electrons. The Labute approximate surface area is 118 Å². The number of hydrogen-bond acceptors (Lipinski definition) is 2. The number of halogens is 1. The van der Waals surface area contributed by atoms with Crippen molar-refractivity contribution >= 4 is 5.97 Å². The SMILES string of the molecule is CN1C2CCC1CC(CC(=O)O)(c1cccc(F)c1)C2. The summed E-state index contributed by atoms with van der Waals surface area (Å²) in [6.07, 6.45) is 3.97. The first-order valence-electron chi connectivity index (χ1n) is 7.20. The lowest BCUT2D eigenvalue weighted by molar-refractivity contribution is -0.139. The predicted molar refractivity (Wildman–Crippen MR) is 74.1 cm³/mol. The van der Waals surface area contributed by atoms with Crippen molar-refractivity contribution in [3.05, 3.63) is 35.6 Å². The third-order valence-electron chi connectivity index (χ3n) is 5.16. The summed E-state index contributed by atoms with van der Waals surface area (Å²) in [5.41, 5.74) is 0.441. The van der Waals surface area contributed by atoms with Crippen LogP contribution in [0.4, 0.5) is 4.39 Å². The first kappa shape index (κ1) is 13.6. The first-order valence-corrected chi connectivity index (χ1v) is 7.20. The molecule has 2 aliphatic heterocycles. The second-order valence-electron chi connectivity index (χ2n) is 6.32. The third kappa shape index (κ3) is 2.22. The lowest BCUT2D eigenvalue weighted by atomic mass is 9.68. The van der Waals surface area contributed by atoms with Crippen LogP contribution in [-0.2, 0) is 10.2 Å². The summed E-state index contributed by atoms with van der Waals surface area (Å²) in [6.45, 7) is 0. The molecule has 2 heterocycles. The maximum Gasteiger partial charge on any atom is 0.304 e. The van der Waals surface area contributed by atoms with Crippen LogP contribution in [-0.4, -0.2) is 35.1 Å². The van der Waals surface area contributed by atoms with E-state index < -0.39 is 11.4 Å². The minimum atomic E-state index is -0.793. The fourth-order valence-corrected chi connectivity index (χ4v) is 4.16. The molecule has 2 aliphatic rings. The number of rotatable bonds is 3. The van der Waals surface area contributed by atoms with Gasteiger partial charge in [-0.25, -0.2) is 4.39 Å². The van der Waals surface area contributed by atoms with Crippen LogP contribution in [0.1, 0.15) is 37.7 Å². The van der Waals surface area contributed by atoms with Gasteiger partial charge in [0.25, 0.3) is 0 Å². The van der Waals surface area contributed by atoms with Crippen LogP contribution >= 0.6 is 0 Å². The van der Waals surface area contributed by atoms with Gasteiger partial charge in [-0.3, -0.25) is 4.79 Å². The molecule has 2 bridgehead atoms. The molecule has 0 radical (unpaired) electrons. The number of fused-ring (bicyclic) bond motifs is 2. The number of nitrogens with zero attached hydrogens (tertiary/aromatic N) is 1. The van der Waals surface area contributed by atoms with Gasteiger partial charge in [0, 0.05) is 17.5 Å². The Balaban J connectivity index is 2.00. The van der Waals surface area contributed by atoms with E-state index in [1.165, 1.54) is 12.1 Å². The van der Waals surface area contributed by atoms with E-state index in [1.54, 1.807) is 6.07 Å². The molecule has 4 heteroatoms. The Hall–Kier alpha value is -1.42. The van der Waals surface area contributed by atoms with Gasteiger partial charge in [-0.2, -0.15) is 0 Å². The quantitative estimate of drug-likeness (QED) is 0.923. The monoisotopic (exact) mass is 277 g/mol. The lowest BCUT2D eigenvalue weighted by Crippen LogP contribution is -2.48. The van der Waals surface area contributed by atoms with Gasteiger partial charge in [0.15, 0.2) is 0 Å². The highest BCUT2D eigenvalue weighted by Crippen LogP contribution is 2.48. The van der Waals surface area contributed by atoms with E-state index in [4.69, 9.17) is 0 Å². The second-order valence-corrected chi connectivity index (χ2v) is 6.32. The zero-order chi connectivity index (χ0) is 14.3. The molecule has 20 heavy (non-hydrogen) atoms. The number of carbonyl (C=O) groups is 1. The molecule has 2 atom stereocenters. The summed E-state index contributed by atoms with van der Waals surface area (Å²) in [5, 5.41) is 9.31. The fraction of sp³-hybridized carbons (Fsp3) is 0.562. The number of benzene rings is 1. The summed E-state index contributed by atoms with van der Waals surface area (Å²) >= 11 is 0. The van der Waals surface area contributed by atoms with Crippen LogP contribution in [0.2, 0.25) is 0 Å². The first-order chi connectivity index (χ1) is 9.50. The Kier molecular flexibility index (Phi) is 3.28. The van der Waals surface area contributed by atoms with Crippen molar-refractivity contribution in [3.8, 4) is 0 Å². The van der Waals surface area contributed by atoms with Gasteiger partial charge in [0.2, 0.25) is 0 Å². The standard InChI is InChI=1S/C16H20FNO2/c1-18-13-5-6-14(18)9-16(8-13,10-15(19)20)11-3-2-4-12(17)7-11/h2-4,7,13-14H,5-6,8-10H2,1H3,(H,19,20). The molecule has 3 rings (SSSR count). The van der Waals surface area contributed by atoms with Crippen molar-refractivity contribution < 1.29 is 14.3 Å². The van der Waals surface area contributed by atoms with Crippen molar-refractivity contribution in [2.24, 2.45) is 0 Å². The molecule has 1 aromatic carbocycles. The molecule has 0 aliphatic carbocycles. The Morgan fingerprint density at radius 2 is 2.05 bits per heavy atom. The molecule has 0 aromatic heterocycles. The normalized spacial score (nSPS) is 33.3. The molecular formula is C16H20FNO2. The zero-order valence-electron chi connectivity index (χ0n) is 11.7. The second kappa shape index (κ2) is 4.85. The molecule has 2 saturated heterocycles. The molecule has 3 nitrogen and oxygen atoms in total. The van der Waals surface area contributed by atoms with Crippen molar-refractivity contribution in [2.75, 3.05) is 7.05 Å². The molecule has 2 unspecified atom stereocenters. The third-order valence-corrected chi connectivity index (χ3v) is 5.16. The Morgan fingerprint density at radius 1 is 1.40 bits per heavy atom. The smallest absolute Gasteiger partial charge is 0.304 e. The minimum Gasteiger partial charge on any atom is -0.481 e. The van der Waals surface area contributed by atoms with Crippen molar-refractivity contribution in [1.82, 2.24) is 4.90 Å². The number of aliphatic carboxylic acids is 1. The van der Waals surface area contributed by atoms with Crippen molar-refractivity contribution in [1.29, 1.82) is 0 Å². The molecule has 2 fully saturated rings. The maximum absolute atomic E-state index is 13.6. The van der Waals surface area contributed by atoms with Gasteiger partial charge in [0.1, 0.15) is 5.82 Å². The largest absolute Gasteiger partial charge is 0.481 e. The highest BCUT2D eigenvalue weighted by atomic mass is 19.1. The molecule has 1 aromatic rings. The van der Waals surface area contributed by atoms with E-state index in [0.29, 0.717) is 12.1 Å². The Bertz CT molecular complexity index is 517. The van der Waals surface area contributed by atoms with Gasteiger partial charge in [-0.15, -0.1) is 0 Å². The highest BCUT2D eigenvalue weighted by Gasteiger charge is 2.48. The summed E-state index contributed by atoms with van der Waals surface area (Å²) in [4.78, 5) is 13.7. The van der Waals surface area contributed by atoms with Crippen LogP contribution in [0.25, 0.3) is 0 Å². The number of piperidine rings is 1. The summed E-state index contributed by atoms with van der Waals surface area (Å²) < 4.78 is 13.6. The van der Waals surface area contributed by atoms with E-state index >= 15 is 0 Å². The van der Waals surface area contributed by atoms with E-state index in [-0.39, 0.29) is 12.2 Å². The fourth-order valence-electron chi connectivity index (χ4n) is 4.16. The lowest BCUT2D eigenvalue weighted by Gasteiger charge is -2.45. The molecule has 0 spiro atoms. The van der Waals surface area contributed by atoms with Gasteiger partial charge in [-0.1, -0.05) is 12.1 Å². The van der Waals surface area contributed by atoms with Crippen LogP contribution in [0, 0.1) is 5.82 Å². The summed E-state index contributed by atoms with van der Waals surface area (Å²) in [7, 11) is 2.12. The minimum absolute atomic E-state index is 0.0945. The van der Waals surface area contributed by atoms with E-state index in [9.17, 15) is 14.3 Å². The van der Waals surface area contributed by atoms with Crippen LogP contribution in [0.5, 0.6) is 0 Å². The predicted octanol–water partition coefficient (Wildman–Crippen LogP) is 2.79. The topological polar surface area (TPSA) is 40.5 Å². The van der Waals surface area contributed by atoms with Crippen LogP contribution < -0.4 is 0 Å². The van der Waals surface area contributed by atoms with Gasteiger partial charge in [0.05, 0.1) is 6.42 Å². The molecule has 0 saturated carbocycles. The summed E-state index contributed by atoms with van der Waals surface area (Å²) in [5.74, 6) is -1.07. The average Bonchev–Trinajstić information content (AvgIpc) is 2.62. The van der Waals surface area contributed by atoms with E-state index in [2.05, 4.69) is 11.9 Å². The van der Waals surface area contributed by atoms with Crippen molar-refractivity contribution in [3.63, 3.8) is 0 Å². The zero-order valence-corrected chi connectivity index (χ0v) is 11.7. The Morgan fingerprint density at radius 3 is 2.60 bits per heavy atom. The maximum atomic E-state index is 13.6. The number of carboxylic acids is 1. The molecule has 1 N–H and O–H groups in total. The average molecular weight is 277 g/mol. The van der Waals surface area contributed by atoms with Gasteiger partial charge < -0.3 is 10.0 Å².